The van der Waals surface area contributed by atoms with E-state index in [-0.39, 0.29) is 27.7 Å². The highest BCUT2D eigenvalue weighted by molar-refractivity contribution is 6.23. The van der Waals surface area contributed by atoms with Crippen molar-refractivity contribution < 1.29 is 10.2 Å². The van der Waals surface area contributed by atoms with E-state index >= 15 is 0 Å². The van der Waals surface area contributed by atoms with Crippen molar-refractivity contribution in [1.29, 1.82) is 0 Å². The molecule has 0 fully saturated rings. The summed E-state index contributed by atoms with van der Waals surface area (Å²) in [6.45, 7) is 1.31. The van der Waals surface area contributed by atoms with Crippen molar-refractivity contribution in [3.63, 3.8) is 0 Å². The van der Waals surface area contributed by atoms with Gasteiger partial charge in [0.2, 0.25) is 0 Å². The van der Waals surface area contributed by atoms with Gasteiger partial charge in [-0.1, -0.05) is 0 Å². The van der Waals surface area contributed by atoms with Gasteiger partial charge in [0.25, 0.3) is 0 Å². The second-order valence-corrected chi connectivity index (χ2v) is 6.50. The zero-order valence-electron chi connectivity index (χ0n) is 14.4. The normalized spacial score (nSPS) is 12.8. The number of likely N-dealkylation sites (N-methyl/N-ethyl adjacent to an activating group) is 1. The maximum absolute atomic E-state index is 12.4. The molecule has 0 spiro atoms. The van der Waals surface area contributed by atoms with E-state index in [4.69, 9.17) is 0 Å². The van der Waals surface area contributed by atoms with Crippen LogP contribution < -0.4 is 10.8 Å². The first-order chi connectivity index (χ1) is 12.5. The summed E-state index contributed by atoms with van der Waals surface area (Å²) in [5, 5.41) is 23.2. The maximum atomic E-state index is 12.4. The van der Waals surface area contributed by atoms with Crippen LogP contribution in [0.3, 0.4) is 0 Å². The van der Waals surface area contributed by atoms with Crippen LogP contribution in [0, 0.1) is 0 Å². The van der Waals surface area contributed by atoms with Gasteiger partial charge in [0.1, 0.15) is 11.5 Å². The van der Waals surface area contributed by atoms with Gasteiger partial charge in [-0.25, -0.2) is 4.98 Å². The summed E-state index contributed by atoms with van der Waals surface area (Å²) in [5.41, 5.74) is 0.869. The molecule has 0 unspecified atom stereocenters. The van der Waals surface area contributed by atoms with Gasteiger partial charge < -0.3 is 20.1 Å². The average molecular weight is 350 g/mol. The topological polar surface area (TPSA) is 102 Å². The molecule has 0 atom stereocenters. The lowest BCUT2D eigenvalue weighted by molar-refractivity contribution is 0.419. The maximum Gasteiger partial charge on any atom is 0.189 e. The smallest absolute Gasteiger partial charge is 0.189 e. The Morgan fingerprint density at radius 1 is 1.08 bits per heavy atom. The predicted octanol–water partition coefficient (Wildman–Crippen LogP) is 1.54. The molecule has 0 saturated carbocycles. The Morgan fingerprint density at radius 2 is 1.88 bits per heavy atom. The molecule has 0 radical (unpaired) electrons. The van der Waals surface area contributed by atoms with E-state index in [9.17, 15) is 15.0 Å². The summed E-state index contributed by atoms with van der Waals surface area (Å²) in [6, 6.07) is 6.24. The molecule has 0 amide bonds. The molecule has 4 aromatic rings. The largest absolute Gasteiger partial charge is 0.507 e. The highest BCUT2D eigenvalue weighted by atomic mass is 16.3. The molecule has 0 saturated heterocycles. The van der Waals surface area contributed by atoms with Crippen LogP contribution in [-0.2, 0) is 0 Å². The zero-order valence-corrected chi connectivity index (χ0v) is 14.4. The van der Waals surface area contributed by atoms with E-state index in [2.05, 4.69) is 15.0 Å². The Morgan fingerprint density at radius 3 is 2.65 bits per heavy atom. The number of nitrogens with one attached hydrogen (secondary N) is 1. The van der Waals surface area contributed by atoms with Crippen molar-refractivity contribution in [2.75, 3.05) is 27.2 Å². The highest BCUT2D eigenvalue weighted by Gasteiger charge is 2.19. The van der Waals surface area contributed by atoms with Gasteiger partial charge in [0.05, 0.1) is 39.9 Å². The lowest BCUT2D eigenvalue weighted by Crippen LogP contribution is -2.17. The number of fused-ring (bicyclic) bond motifs is 2. The van der Waals surface area contributed by atoms with Crippen LogP contribution >= 0.6 is 0 Å². The van der Waals surface area contributed by atoms with Gasteiger partial charge in [-0.2, -0.15) is 0 Å². The number of aromatic nitrogens is 2. The second kappa shape index (κ2) is 5.96. The van der Waals surface area contributed by atoms with Crippen molar-refractivity contribution in [2.45, 2.75) is 0 Å². The van der Waals surface area contributed by atoms with Crippen LogP contribution in [0.4, 0.5) is 0 Å². The minimum absolute atomic E-state index is 0.111. The van der Waals surface area contributed by atoms with Crippen LogP contribution in [0.1, 0.15) is 0 Å². The Bertz CT molecular complexity index is 1260. The fraction of sp³-hybridized carbons (Fsp3) is 0.211. The Balaban J connectivity index is 2.23. The lowest BCUT2D eigenvalue weighted by Gasteiger charge is -2.12. The zero-order chi connectivity index (χ0) is 18.4. The summed E-state index contributed by atoms with van der Waals surface area (Å²) < 4.78 is 0. The minimum atomic E-state index is -0.301. The van der Waals surface area contributed by atoms with E-state index in [1.807, 2.05) is 31.1 Å². The van der Waals surface area contributed by atoms with Crippen LogP contribution in [-0.4, -0.2) is 52.3 Å². The first-order valence-electron chi connectivity index (χ1n) is 8.24. The van der Waals surface area contributed by atoms with E-state index in [0.717, 1.165) is 12.1 Å². The molecule has 26 heavy (non-hydrogen) atoms. The fourth-order valence-electron chi connectivity index (χ4n) is 3.29. The van der Waals surface area contributed by atoms with Gasteiger partial charge in [0, 0.05) is 17.4 Å². The van der Waals surface area contributed by atoms with Crippen LogP contribution in [0.5, 0.6) is 11.5 Å². The van der Waals surface area contributed by atoms with Crippen molar-refractivity contribution in [3.8, 4) is 11.5 Å². The molecule has 1 heterocycles. The minimum Gasteiger partial charge on any atom is -0.507 e. The predicted molar refractivity (Wildman–Crippen MR) is 101 cm³/mol. The van der Waals surface area contributed by atoms with Gasteiger partial charge >= 0.3 is 0 Å². The van der Waals surface area contributed by atoms with Gasteiger partial charge in [-0.15, -0.1) is 0 Å². The second-order valence-electron chi connectivity index (χ2n) is 6.50. The van der Waals surface area contributed by atoms with Crippen molar-refractivity contribution >= 4 is 32.6 Å². The molecule has 7 nitrogen and oxygen atoms in total. The van der Waals surface area contributed by atoms with Gasteiger partial charge in [-0.3, -0.25) is 9.79 Å². The summed E-state index contributed by atoms with van der Waals surface area (Å²) in [4.78, 5) is 26.4. The van der Waals surface area contributed by atoms with Crippen LogP contribution in [0.2, 0.25) is 0 Å². The van der Waals surface area contributed by atoms with E-state index in [1.54, 1.807) is 0 Å². The third-order valence-corrected chi connectivity index (χ3v) is 4.52. The quantitative estimate of drug-likeness (QED) is 0.384. The number of nitrogens with zero attached hydrogens (tertiary/aromatic N) is 3. The SMILES string of the molecule is CN(C)CCN=c1ccc2[nH]cnc3c4c(=O)ccc(O)c4c(O)c1c23. The molecule has 0 aliphatic heterocycles. The van der Waals surface area contributed by atoms with Crippen LogP contribution in [0.25, 0.3) is 32.6 Å². The summed E-state index contributed by atoms with van der Waals surface area (Å²) in [7, 11) is 3.93. The summed E-state index contributed by atoms with van der Waals surface area (Å²) in [6.07, 6.45) is 1.50. The number of aromatic amines is 1. The molecule has 1 aromatic heterocycles. The molecule has 0 aliphatic carbocycles. The lowest BCUT2D eigenvalue weighted by atomic mass is 9.98. The highest BCUT2D eigenvalue weighted by Crippen LogP contribution is 2.39. The third kappa shape index (κ3) is 2.36. The number of phenolic OH excluding ortho intramolecular Hbond substituents is 2. The van der Waals surface area contributed by atoms with Crippen LogP contribution in [0.15, 0.2) is 40.4 Å². The van der Waals surface area contributed by atoms with Gasteiger partial charge in [0.15, 0.2) is 5.43 Å². The van der Waals surface area contributed by atoms with Crippen molar-refractivity contribution in [3.05, 3.63) is 46.2 Å². The number of H-pyrrole nitrogens is 1. The molecular weight excluding hydrogens is 332 g/mol. The standard InChI is InChI=1S/C19H18N4O3/c1-23(2)8-7-20-11-4-3-10-14-15(11)19(26)17-13(25)6-5-12(24)16(17)18(14)22-9-21-10/h3-6,9,25-26H,7-8H2,1-2H3,(H,21,22). The van der Waals surface area contributed by atoms with Crippen molar-refractivity contribution in [1.82, 2.24) is 14.9 Å². The number of benzene rings is 3. The monoisotopic (exact) mass is 350 g/mol. The molecule has 3 N–H and O–H groups in total. The van der Waals surface area contributed by atoms with Gasteiger partial charge in [-0.05, 0) is 38.4 Å². The van der Waals surface area contributed by atoms with E-state index < -0.39 is 0 Å². The molecule has 4 rings (SSSR count). The Kier molecular flexibility index (Phi) is 3.73. The first-order valence-corrected chi connectivity index (χ1v) is 8.24. The molecule has 3 aromatic carbocycles. The Labute approximate surface area is 148 Å². The number of rotatable bonds is 3. The molecule has 132 valence electrons. The molecule has 0 bridgehead atoms. The fourth-order valence-corrected chi connectivity index (χ4v) is 3.29. The third-order valence-electron chi connectivity index (χ3n) is 4.52. The molecule has 7 heteroatoms. The number of aromatic hydroxyl groups is 2. The number of hydrogen-bond donors (Lipinski definition) is 3. The van der Waals surface area contributed by atoms with E-state index in [1.165, 1.54) is 18.5 Å². The Hall–Kier alpha value is -3.19. The first kappa shape index (κ1) is 16.3. The molecule has 0 aliphatic rings. The number of phenols is 2. The summed E-state index contributed by atoms with van der Waals surface area (Å²) >= 11 is 0. The summed E-state index contributed by atoms with van der Waals surface area (Å²) in [5.74, 6) is -0.313. The average Bonchev–Trinajstić information content (AvgIpc) is 2.61. The molecular formula is C19H18N4O3. The number of hydrogen-bond acceptors (Lipinski definition) is 6. The van der Waals surface area contributed by atoms with E-state index in [0.29, 0.717) is 28.2 Å². The van der Waals surface area contributed by atoms with Crippen molar-refractivity contribution in [2.24, 2.45) is 4.99 Å².